The second-order valence-electron chi connectivity index (χ2n) is 9.84. The number of aryl methyl sites for hydroxylation is 1. The van der Waals surface area contributed by atoms with Crippen molar-refractivity contribution >= 4 is 74.0 Å². The Morgan fingerprint density at radius 2 is 1.77 bits per heavy atom. The number of hydrazone groups is 1. The Balaban J connectivity index is 1.48. The van der Waals surface area contributed by atoms with Gasteiger partial charge in [0, 0.05) is 39.6 Å². The Morgan fingerprint density at radius 3 is 2.44 bits per heavy atom. The molecular weight excluding hydrogens is 692 g/mol. The summed E-state index contributed by atoms with van der Waals surface area (Å²) in [6.07, 6.45) is 2.48. The molecule has 48 heavy (non-hydrogen) atoms. The van der Waals surface area contributed by atoms with Crippen LogP contribution in [0.5, 0.6) is 0 Å². The zero-order valence-electron chi connectivity index (χ0n) is 24.4. The molecule has 3 N–H and O–H groups in total. The SMILES string of the molecule is Cc1cccn2c(=O)c(C=NNC(=O)c3ccc([N+](=O)[O-])cc3S(=O)(=O)Nc3ccc(Cl)cc3)c(Nc3ccc(SC(F)F)cc3)nc12. The van der Waals surface area contributed by atoms with Crippen molar-refractivity contribution in [1.29, 1.82) is 0 Å². The van der Waals surface area contributed by atoms with Gasteiger partial charge in [-0.25, -0.2) is 18.8 Å². The number of sulfonamides is 1. The Bertz CT molecular complexity index is 2230. The van der Waals surface area contributed by atoms with Crippen LogP contribution < -0.4 is 21.0 Å². The summed E-state index contributed by atoms with van der Waals surface area (Å²) in [7, 11) is -4.55. The van der Waals surface area contributed by atoms with Crippen molar-refractivity contribution in [2.75, 3.05) is 10.0 Å². The monoisotopic (exact) mass is 713 g/mol. The van der Waals surface area contributed by atoms with Crippen LogP contribution in [0.1, 0.15) is 21.5 Å². The number of nitro groups is 1. The van der Waals surface area contributed by atoms with Gasteiger partial charge in [0.05, 0.1) is 16.7 Å². The number of nitrogens with one attached hydrogen (secondary N) is 3. The summed E-state index contributed by atoms with van der Waals surface area (Å²) in [4.78, 5) is 41.5. The molecule has 13 nitrogen and oxygen atoms in total. The molecule has 2 aromatic heterocycles. The third kappa shape index (κ3) is 7.76. The van der Waals surface area contributed by atoms with Gasteiger partial charge >= 0.3 is 0 Å². The number of nitro benzene ring substituents is 1. The summed E-state index contributed by atoms with van der Waals surface area (Å²) >= 11 is 6.23. The van der Waals surface area contributed by atoms with Crippen LogP contribution in [-0.2, 0) is 10.0 Å². The number of thioether (sulfide) groups is 1. The topological polar surface area (TPSA) is 177 Å². The van der Waals surface area contributed by atoms with Crippen molar-refractivity contribution in [3.05, 3.63) is 127 Å². The van der Waals surface area contributed by atoms with Gasteiger partial charge in [-0.2, -0.15) is 13.9 Å². The quantitative estimate of drug-likeness (QED) is 0.0624. The molecule has 1 amide bonds. The number of benzene rings is 3. The molecule has 5 aromatic rings. The number of halogens is 3. The van der Waals surface area contributed by atoms with Gasteiger partial charge in [-0.15, -0.1) is 0 Å². The molecule has 18 heteroatoms. The number of non-ortho nitro benzene ring substituents is 1. The van der Waals surface area contributed by atoms with E-state index in [1.165, 1.54) is 59.1 Å². The average molecular weight is 714 g/mol. The highest BCUT2D eigenvalue weighted by Crippen LogP contribution is 2.28. The number of pyridine rings is 1. The molecule has 0 spiro atoms. The van der Waals surface area contributed by atoms with E-state index in [0.29, 0.717) is 38.6 Å². The number of carbonyl (C=O) groups is 1. The van der Waals surface area contributed by atoms with Gasteiger partial charge in [0.25, 0.3) is 32.9 Å². The van der Waals surface area contributed by atoms with E-state index in [4.69, 9.17) is 11.6 Å². The molecule has 2 heterocycles. The van der Waals surface area contributed by atoms with Crippen molar-refractivity contribution in [3.8, 4) is 0 Å². The number of alkyl halides is 2. The number of fused-ring (bicyclic) bond motifs is 1. The van der Waals surface area contributed by atoms with Crippen LogP contribution in [0.25, 0.3) is 5.65 Å². The predicted octanol–water partition coefficient (Wildman–Crippen LogP) is 6.19. The van der Waals surface area contributed by atoms with Crippen molar-refractivity contribution in [3.63, 3.8) is 0 Å². The number of anilines is 3. The molecule has 246 valence electrons. The van der Waals surface area contributed by atoms with Crippen LogP contribution in [0.3, 0.4) is 0 Å². The smallest absolute Gasteiger partial charge is 0.288 e. The molecule has 3 aromatic carbocycles. The maximum Gasteiger partial charge on any atom is 0.288 e. The number of nitrogens with zero attached hydrogens (tertiary/aromatic N) is 4. The Hall–Kier alpha value is -5.39. The number of carbonyl (C=O) groups excluding carboxylic acids is 1. The van der Waals surface area contributed by atoms with Gasteiger partial charge in [0.15, 0.2) is 0 Å². The first-order chi connectivity index (χ1) is 22.8. The van der Waals surface area contributed by atoms with Gasteiger partial charge in [-0.1, -0.05) is 29.4 Å². The number of amides is 1. The normalized spacial score (nSPS) is 11.6. The Labute approximate surface area is 279 Å². The molecule has 0 saturated heterocycles. The summed E-state index contributed by atoms with van der Waals surface area (Å²) in [6.45, 7) is 1.74. The van der Waals surface area contributed by atoms with Gasteiger partial charge in [-0.05, 0) is 73.2 Å². The zero-order chi connectivity index (χ0) is 34.6. The van der Waals surface area contributed by atoms with Crippen LogP contribution in [0.2, 0.25) is 5.02 Å². The second-order valence-corrected chi connectivity index (χ2v) is 13.0. The van der Waals surface area contributed by atoms with E-state index < -0.39 is 48.3 Å². The van der Waals surface area contributed by atoms with E-state index in [9.17, 15) is 36.9 Å². The molecule has 0 atom stereocenters. The summed E-state index contributed by atoms with van der Waals surface area (Å²) in [5, 5.41) is 18.6. The largest absolute Gasteiger partial charge is 0.339 e. The van der Waals surface area contributed by atoms with Crippen LogP contribution in [-0.4, -0.2) is 40.6 Å². The number of aromatic nitrogens is 2. The standard InChI is InChI=1S/C30H22ClF2N7O6S2/c1-17-3-2-14-39-27(17)36-26(35-19-8-11-22(12-9-19)47-30(32)33)24(29(39)42)16-34-37-28(41)23-13-10-21(40(43)44)15-25(23)48(45,46)38-20-6-4-18(31)5-7-20/h2-16,30,35,38H,1H3,(H,37,41). The minimum Gasteiger partial charge on any atom is -0.339 e. The first-order valence-corrected chi connectivity index (χ1v) is 16.3. The maximum absolute atomic E-state index is 13.5. The van der Waals surface area contributed by atoms with E-state index in [1.54, 1.807) is 19.1 Å². The minimum absolute atomic E-state index is 0.0207. The molecule has 0 radical (unpaired) electrons. The highest BCUT2D eigenvalue weighted by Gasteiger charge is 2.26. The first-order valence-electron chi connectivity index (χ1n) is 13.6. The fraction of sp³-hybridized carbons (Fsp3) is 0.0667. The number of rotatable bonds is 11. The van der Waals surface area contributed by atoms with Crippen LogP contribution in [0.4, 0.5) is 31.7 Å². The summed E-state index contributed by atoms with van der Waals surface area (Å²) in [5.74, 6) is -3.65. The lowest BCUT2D eigenvalue weighted by atomic mass is 10.2. The molecule has 5 rings (SSSR count). The van der Waals surface area contributed by atoms with Gasteiger partial charge < -0.3 is 5.32 Å². The minimum atomic E-state index is -4.55. The maximum atomic E-state index is 13.5. The van der Waals surface area contributed by atoms with E-state index in [1.807, 2.05) is 0 Å². The predicted molar refractivity (Wildman–Crippen MR) is 178 cm³/mol. The van der Waals surface area contributed by atoms with Gasteiger partial charge in [-0.3, -0.25) is 28.8 Å². The summed E-state index contributed by atoms with van der Waals surface area (Å²) < 4.78 is 55.6. The lowest BCUT2D eigenvalue weighted by Gasteiger charge is -2.13. The zero-order valence-corrected chi connectivity index (χ0v) is 26.8. The summed E-state index contributed by atoms with van der Waals surface area (Å²) in [5.41, 5.74) is 1.84. The molecule has 0 aliphatic carbocycles. The van der Waals surface area contributed by atoms with Crippen LogP contribution in [0.15, 0.2) is 105 Å². The lowest BCUT2D eigenvalue weighted by Crippen LogP contribution is -2.25. The lowest BCUT2D eigenvalue weighted by molar-refractivity contribution is -0.385. The van der Waals surface area contributed by atoms with Crippen molar-refractivity contribution in [2.45, 2.75) is 22.5 Å². The molecule has 0 aliphatic heterocycles. The first kappa shape index (κ1) is 34.0. The van der Waals surface area contributed by atoms with E-state index >= 15 is 0 Å². The third-order valence-corrected chi connectivity index (χ3v) is 8.99. The van der Waals surface area contributed by atoms with Crippen molar-refractivity contribution in [2.24, 2.45) is 5.10 Å². The van der Waals surface area contributed by atoms with Crippen LogP contribution in [0, 0.1) is 17.0 Å². The van der Waals surface area contributed by atoms with Crippen molar-refractivity contribution in [1.82, 2.24) is 14.8 Å². The second kappa shape index (κ2) is 14.2. The van der Waals surface area contributed by atoms with E-state index in [-0.39, 0.29) is 17.1 Å². The number of hydrogen-bond donors (Lipinski definition) is 3. The van der Waals surface area contributed by atoms with E-state index in [2.05, 4.69) is 25.6 Å². The van der Waals surface area contributed by atoms with Crippen molar-refractivity contribution < 1.29 is 26.9 Å². The summed E-state index contributed by atoms with van der Waals surface area (Å²) in [6, 6.07) is 17.5. The average Bonchev–Trinajstić information content (AvgIpc) is 3.04. The van der Waals surface area contributed by atoms with Crippen LogP contribution >= 0.6 is 23.4 Å². The molecule has 0 saturated carbocycles. The molecule has 0 fully saturated rings. The third-order valence-electron chi connectivity index (χ3n) is 6.59. The number of hydrogen-bond acceptors (Lipinski definition) is 10. The highest BCUT2D eigenvalue weighted by molar-refractivity contribution is 7.99. The molecule has 0 unspecified atom stereocenters. The molecule has 0 bridgehead atoms. The Kier molecular flexibility index (Phi) is 10.0. The van der Waals surface area contributed by atoms with E-state index in [0.717, 1.165) is 24.4 Å². The molecular formula is C30H22ClF2N7O6S2. The van der Waals surface area contributed by atoms with Gasteiger partial charge in [0.1, 0.15) is 21.9 Å². The Morgan fingerprint density at radius 1 is 1.08 bits per heavy atom. The van der Waals surface area contributed by atoms with Gasteiger partial charge in [0.2, 0.25) is 0 Å². The fourth-order valence-electron chi connectivity index (χ4n) is 4.36. The highest BCUT2D eigenvalue weighted by atomic mass is 35.5. The molecule has 0 aliphatic rings. The fourth-order valence-corrected chi connectivity index (χ4v) is 6.27.